The predicted octanol–water partition coefficient (Wildman–Crippen LogP) is 3.28. The number of nitrogens with zero attached hydrogens (tertiary/aromatic N) is 1. The van der Waals surface area contributed by atoms with Gasteiger partial charge in [0.1, 0.15) is 11.5 Å². The lowest BCUT2D eigenvalue weighted by Crippen LogP contribution is -2.33. The number of anilines is 1. The maximum absolute atomic E-state index is 12.5. The zero-order valence-electron chi connectivity index (χ0n) is 13.8. The van der Waals surface area contributed by atoms with Gasteiger partial charge in [0.05, 0.1) is 7.11 Å². The highest BCUT2D eigenvalue weighted by Crippen LogP contribution is 2.31. The number of fused-ring (bicyclic) bond motifs is 1. The molecule has 0 radical (unpaired) electrons. The topological polar surface area (TPSA) is 38.8 Å². The quantitative estimate of drug-likeness (QED) is 0.870. The van der Waals surface area contributed by atoms with Crippen molar-refractivity contribution in [1.29, 1.82) is 0 Å². The number of aryl methyl sites for hydroxylation is 2. The molecule has 23 heavy (non-hydrogen) atoms. The fourth-order valence-corrected chi connectivity index (χ4v) is 2.84. The van der Waals surface area contributed by atoms with E-state index in [-0.39, 0.29) is 12.5 Å². The van der Waals surface area contributed by atoms with Gasteiger partial charge in [0.15, 0.2) is 6.61 Å². The van der Waals surface area contributed by atoms with E-state index in [1.165, 1.54) is 0 Å². The highest BCUT2D eigenvalue weighted by Gasteiger charge is 2.25. The van der Waals surface area contributed by atoms with Crippen LogP contribution in [0.5, 0.6) is 11.5 Å². The third kappa shape index (κ3) is 3.16. The summed E-state index contributed by atoms with van der Waals surface area (Å²) in [7, 11) is 1.65. The standard InChI is InChI=1S/C19H21NO3/c1-13-4-5-14(2)18(10-13)23-12-19(21)20-9-8-15-11-16(22-3)6-7-17(15)20/h4-7,10-11H,8-9,12H2,1-3H3. The zero-order valence-corrected chi connectivity index (χ0v) is 13.8. The first-order valence-electron chi connectivity index (χ1n) is 7.76. The van der Waals surface area contributed by atoms with E-state index >= 15 is 0 Å². The van der Waals surface area contributed by atoms with E-state index in [0.717, 1.165) is 40.3 Å². The Morgan fingerprint density at radius 2 is 2.00 bits per heavy atom. The second-order valence-electron chi connectivity index (χ2n) is 5.85. The third-order valence-corrected chi connectivity index (χ3v) is 4.18. The molecule has 0 unspecified atom stereocenters. The molecule has 2 aromatic rings. The van der Waals surface area contributed by atoms with E-state index < -0.39 is 0 Å². The molecule has 0 saturated carbocycles. The normalized spacial score (nSPS) is 12.9. The van der Waals surface area contributed by atoms with Crippen LogP contribution in [0.1, 0.15) is 16.7 Å². The summed E-state index contributed by atoms with van der Waals surface area (Å²) in [5, 5.41) is 0. The van der Waals surface area contributed by atoms with Crippen LogP contribution in [0.4, 0.5) is 5.69 Å². The van der Waals surface area contributed by atoms with Crippen molar-refractivity contribution in [1.82, 2.24) is 0 Å². The summed E-state index contributed by atoms with van der Waals surface area (Å²) in [4.78, 5) is 14.3. The molecule has 1 amide bonds. The summed E-state index contributed by atoms with van der Waals surface area (Å²) < 4.78 is 11.0. The molecule has 0 aliphatic carbocycles. The Morgan fingerprint density at radius 3 is 2.78 bits per heavy atom. The van der Waals surface area contributed by atoms with Crippen LogP contribution in [0, 0.1) is 13.8 Å². The second-order valence-corrected chi connectivity index (χ2v) is 5.85. The van der Waals surface area contributed by atoms with Gasteiger partial charge in [-0.2, -0.15) is 0 Å². The molecule has 4 nitrogen and oxygen atoms in total. The van der Waals surface area contributed by atoms with Gasteiger partial charge in [-0.3, -0.25) is 4.79 Å². The highest BCUT2D eigenvalue weighted by molar-refractivity contribution is 5.96. The molecule has 0 fully saturated rings. The number of carbonyl (C=O) groups is 1. The van der Waals surface area contributed by atoms with Crippen molar-refractivity contribution in [2.45, 2.75) is 20.3 Å². The maximum atomic E-state index is 12.5. The van der Waals surface area contributed by atoms with E-state index in [1.54, 1.807) is 12.0 Å². The van der Waals surface area contributed by atoms with Crippen LogP contribution in [0.3, 0.4) is 0 Å². The molecule has 1 aliphatic heterocycles. The average Bonchev–Trinajstić information content (AvgIpc) is 2.98. The molecule has 1 heterocycles. The van der Waals surface area contributed by atoms with Gasteiger partial charge < -0.3 is 14.4 Å². The zero-order chi connectivity index (χ0) is 16.4. The smallest absolute Gasteiger partial charge is 0.264 e. The van der Waals surface area contributed by atoms with E-state index in [2.05, 4.69) is 0 Å². The molecule has 0 N–H and O–H groups in total. The van der Waals surface area contributed by atoms with Gasteiger partial charge in [0.2, 0.25) is 0 Å². The molecular weight excluding hydrogens is 290 g/mol. The number of hydrogen-bond acceptors (Lipinski definition) is 3. The molecule has 0 bridgehead atoms. The Labute approximate surface area is 136 Å². The number of rotatable bonds is 4. The second kappa shape index (κ2) is 6.32. The first-order chi connectivity index (χ1) is 11.1. The summed E-state index contributed by atoms with van der Waals surface area (Å²) in [6.07, 6.45) is 0.849. The summed E-state index contributed by atoms with van der Waals surface area (Å²) in [5.74, 6) is 1.58. The summed E-state index contributed by atoms with van der Waals surface area (Å²) in [5.41, 5.74) is 4.26. The van der Waals surface area contributed by atoms with Crippen molar-refractivity contribution in [3.63, 3.8) is 0 Å². The Hall–Kier alpha value is -2.49. The number of hydrogen-bond donors (Lipinski definition) is 0. The van der Waals surface area contributed by atoms with Crippen molar-refractivity contribution < 1.29 is 14.3 Å². The van der Waals surface area contributed by atoms with Crippen molar-refractivity contribution >= 4 is 11.6 Å². The van der Waals surface area contributed by atoms with E-state index in [0.29, 0.717) is 6.54 Å². The van der Waals surface area contributed by atoms with Crippen LogP contribution in [-0.4, -0.2) is 26.2 Å². The van der Waals surface area contributed by atoms with Gasteiger partial charge in [-0.1, -0.05) is 12.1 Å². The lowest BCUT2D eigenvalue weighted by Gasteiger charge is -2.18. The van der Waals surface area contributed by atoms with Gasteiger partial charge in [0, 0.05) is 12.2 Å². The minimum Gasteiger partial charge on any atom is -0.497 e. The van der Waals surface area contributed by atoms with Crippen LogP contribution in [0.15, 0.2) is 36.4 Å². The third-order valence-electron chi connectivity index (χ3n) is 4.18. The molecule has 0 spiro atoms. The first kappa shape index (κ1) is 15.4. The Balaban J connectivity index is 1.70. The maximum Gasteiger partial charge on any atom is 0.264 e. The van der Waals surface area contributed by atoms with Crippen molar-refractivity contribution in [3.05, 3.63) is 53.1 Å². The van der Waals surface area contributed by atoms with E-state index in [4.69, 9.17) is 9.47 Å². The van der Waals surface area contributed by atoms with Crippen molar-refractivity contribution in [3.8, 4) is 11.5 Å². The van der Waals surface area contributed by atoms with Crippen LogP contribution in [0.2, 0.25) is 0 Å². The van der Waals surface area contributed by atoms with Crippen LogP contribution in [0.25, 0.3) is 0 Å². The minimum atomic E-state index is -0.0187. The van der Waals surface area contributed by atoms with Crippen molar-refractivity contribution in [2.75, 3.05) is 25.2 Å². The monoisotopic (exact) mass is 311 g/mol. The fraction of sp³-hybridized carbons (Fsp3) is 0.316. The summed E-state index contributed by atoms with van der Waals surface area (Å²) in [6.45, 7) is 4.74. The lowest BCUT2D eigenvalue weighted by atomic mass is 10.1. The van der Waals surface area contributed by atoms with Crippen LogP contribution in [-0.2, 0) is 11.2 Å². The number of benzene rings is 2. The van der Waals surface area contributed by atoms with Crippen LogP contribution < -0.4 is 14.4 Å². The molecule has 0 atom stereocenters. The minimum absolute atomic E-state index is 0.0187. The predicted molar refractivity (Wildman–Crippen MR) is 90.5 cm³/mol. The van der Waals surface area contributed by atoms with Crippen molar-refractivity contribution in [2.24, 2.45) is 0 Å². The number of amides is 1. The number of methoxy groups -OCH3 is 1. The number of ether oxygens (including phenoxy) is 2. The van der Waals surface area contributed by atoms with Gasteiger partial charge in [-0.15, -0.1) is 0 Å². The van der Waals surface area contributed by atoms with Gasteiger partial charge in [0.25, 0.3) is 5.91 Å². The van der Waals surface area contributed by atoms with E-state index in [9.17, 15) is 4.79 Å². The Morgan fingerprint density at radius 1 is 1.17 bits per heavy atom. The van der Waals surface area contributed by atoms with Crippen LogP contribution >= 0.6 is 0 Å². The van der Waals surface area contributed by atoms with Gasteiger partial charge in [-0.05, 0) is 61.2 Å². The average molecular weight is 311 g/mol. The molecule has 120 valence electrons. The Kier molecular flexibility index (Phi) is 4.24. The fourth-order valence-electron chi connectivity index (χ4n) is 2.84. The highest BCUT2D eigenvalue weighted by atomic mass is 16.5. The molecule has 4 heteroatoms. The van der Waals surface area contributed by atoms with Gasteiger partial charge >= 0.3 is 0 Å². The molecule has 0 saturated heterocycles. The lowest BCUT2D eigenvalue weighted by molar-refractivity contribution is -0.120. The van der Waals surface area contributed by atoms with Gasteiger partial charge in [-0.25, -0.2) is 0 Å². The summed E-state index contributed by atoms with van der Waals surface area (Å²) in [6, 6.07) is 11.8. The molecule has 1 aliphatic rings. The summed E-state index contributed by atoms with van der Waals surface area (Å²) >= 11 is 0. The first-order valence-corrected chi connectivity index (χ1v) is 7.76. The largest absolute Gasteiger partial charge is 0.497 e. The molecular formula is C19H21NO3. The molecule has 2 aromatic carbocycles. The van der Waals surface area contributed by atoms with E-state index in [1.807, 2.05) is 50.2 Å². The number of carbonyl (C=O) groups excluding carboxylic acids is 1. The SMILES string of the molecule is COc1ccc2c(c1)CCN2C(=O)COc1cc(C)ccc1C. The Bertz CT molecular complexity index is 739. The molecule has 0 aromatic heterocycles. The molecule has 3 rings (SSSR count).